The number of halogens is 1. The van der Waals surface area contributed by atoms with E-state index in [0.717, 1.165) is 36.8 Å². The Morgan fingerprint density at radius 3 is 2.60 bits per heavy atom. The Bertz CT molecular complexity index is 1590. The van der Waals surface area contributed by atoms with Crippen LogP contribution in [0.25, 0.3) is 10.9 Å². The molecule has 1 saturated carbocycles. The predicted molar refractivity (Wildman–Crippen MR) is 157 cm³/mol. The molecule has 0 aliphatic heterocycles. The van der Waals surface area contributed by atoms with Crippen molar-refractivity contribution in [2.75, 3.05) is 6.61 Å². The van der Waals surface area contributed by atoms with Crippen LogP contribution in [-0.2, 0) is 13.0 Å². The zero-order valence-corrected chi connectivity index (χ0v) is 22.8. The highest BCUT2D eigenvalue weighted by Gasteiger charge is 2.22. The van der Waals surface area contributed by atoms with Gasteiger partial charge in [0.2, 0.25) is 0 Å². The van der Waals surface area contributed by atoms with Crippen molar-refractivity contribution in [2.45, 2.75) is 58.0 Å². The van der Waals surface area contributed by atoms with Crippen LogP contribution >= 0.6 is 0 Å². The molecule has 1 aliphatic rings. The van der Waals surface area contributed by atoms with Gasteiger partial charge in [0.05, 0.1) is 23.7 Å². The molecule has 1 aliphatic carbocycles. The summed E-state index contributed by atoms with van der Waals surface area (Å²) in [5.41, 5.74) is 2.55. The number of ether oxygens (including phenoxy) is 2. The van der Waals surface area contributed by atoms with Crippen molar-refractivity contribution in [1.29, 1.82) is 0 Å². The molecule has 0 amide bonds. The highest BCUT2D eigenvalue weighted by Crippen LogP contribution is 2.35. The maximum Gasteiger partial charge on any atom is 0.282 e. The average molecular weight is 540 g/mol. The molecule has 0 atom stereocenters. The van der Waals surface area contributed by atoms with Gasteiger partial charge < -0.3 is 9.47 Å². The van der Waals surface area contributed by atoms with Gasteiger partial charge in [-0.05, 0) is 62.1 Å². The molecule has 0 N–H and O–H groups in total. The summed E-state index contributed by atoms with van der Waals surface area (Å²) in [6.45, 7) is 6.27. The lowest BCUT2D eigenvalue weighted by atomic mass is 9.88. The Kier molecular flexibility index (Phi) is 8.69. The number of para-hydroxylation sites is 1. The van der Waals surface area contributed by atoms with Gasteiger partial charge in [0.1, 0.15) is 18.2 Å². The van der Waals surface area contributed by atoms with Crippen molar-refractivity contribution in [3.05, 3.63) is 112 Å². The molecule has 0 unspecified atom stereocenters. The van der Waals surface area contributed by atoms with E-state index < -0.39 is 0 Å². The molecular weight excluding hydrogens is 505 g/mol. The van der Waals surface area contributed by atoms with Gasteiger partial charge in [-0.2, -0.15) is 9.78 Å². The Morgan fingerprint density at radius 2 is 1.82 bits per heavy atom. The van der Waals surface area contributed by atoms with E-state index in [9.17, 15) is 9.18 Å². The molecule has 1 aromatic heterocycles. The standard InChI is InChI=1S/C33H34FN3O3/c1-3-12-25-19-23(20-30(39-4-2)31(25)40-22-26-15-8-10-17-28(26)34)21-35-37-32(24-13-6-5-7-14-24)36-29-18-11-9-16-27(29)33(37)38/h3,8-11,15-21,24H,1,4-7,12-14,22H2,2H3. The SMILES string of the molecule is C=CCc1cc(C=Nn2c(C3CCCCC3)nc3ccccc3c2=O)cc(OCC)c1OCc1ccccc1F. The summed E-state index contributed by atoms with van der Waals surface area (Å²) in [6.07, 6.45) is 9.38. The summed E-state index contributed by atoms with van der Waals surface area (Å²) in [7, 11) is 0. The maximum atomic E-state index is 14.2. The van der Waals surface area contributed by atoms with E-state index in [1.165, 1.54) is 17.2 Å². The van der Waals surface area contributed by atoms with Crippen LogP contribution in [0.15, 0.2) is 83.2 Å². The van der Waals surface area contributed by atoms with E-state index in [4.69, 9.17) is 14.5 Å². The van der Waals surface area contributed by atoms with Crippen LogP contribution in [0.5, 0.6) is 11.5 Å². The van der Waals surface area contributed by atoms with Crippen LogP contribution in [0.3, 0.4) is 0 Å². The molecule has 206 valence electrons. The number of hydrogen-bond acceptors (Lipinski definition) is 5. The maximum absolute atomic E-state index is 14.2. The number of rotatable bonds is 10. The van der Waals surface area contributed by atoms with E-state index in [1.807, 2.05) is 37.3 Å². The summed E-state index contributed by atoms with van der Waals surface area (Å²) < 4.78 is 27.7. The number of allylic oxidation sites excluding steroid dienone is 1. The highest BCUT2D eigenvalue weighted by atomic mass is 19.1. The monoisotopic (exact) mass is 539 g/mol. The van der Waals surface area contributed by atoms with Crippen LogP contribution in [0.1, 0.15) is 67.5 Å². The zero-order chi connectivity index (χ0) is 27.9. The Balaban J connectivity index is 1.54. The Labute approximate surface area is 233 Å². The van der Waals surface area contributed by atoms with Crippen molar-refractivity contribution in [3.8, 4) is 11.5 Å². The molecule has 6 nitrogen and oxygen atoms in total. The van der Waals surface area contributed by atoms with E-state index >= 15 is 0 Å². The minimum absolute atomic E-state index is 0.0627. The Hall–Kier alpha value is -4.26. The first-order valence-electron chi connectivity index (χ1n) is 13.9. The molecular formula is C33H34FN3O3. The molecule has 0 saturated heterocycles. The van der Waals surface area contributed by atoms with Gasteiger partial charge in [0, 0.05) is 17.0 Å². The highest BCUT2D eigenvalue weighted by molar-refractivity contribution is 5.82. The first kappa shape index (κ1) is 27.3. The molecule has 5 rings (SSSR count). The Morgan fingerprint density at radius 1 is 1.05 bits per heavy atom. The number of aromatic nitrogens is 2. The third-order valence-electron chi connectivity index (χ3n) is 7.22. The van der Waals surface area contributed by atoms with Crippen LogP contribution < -0.4 is 15.0 Å². The molecule has 40 heavy (non-hydrogen) atoms. The number of fused-ring (bicyclic) bond motifs is 1. The van der Waals surface area contributed by atoms with Crippen LogP contribution in [0, 0.1) is 5.82 Å². The molecule has 0 radical (unpaired) electrons. The third kappa shape index (κ3) is 5.98. The van der Waals surface area contributed by atoms with Crippen LogP contribution in [0.4, 0.5) is 4.39 Å². The zero-order valence-electron chi connectivity index (χ0n) is 22.8. The second kappa shape index (κ2) is 12.7. The van der Waals surface area contributed by atoms with Crippen LogP contribution in [-0.4, -0.2) is 22.5 Å². The smallest absolute Gasteiger partial charge is 0.282 e. The summed E-state index contributed by atoms with van der Waals surface area (Å²) in [6, 6.07) is 17.7. The van der Waals surface area contributed by atoms with Gasteiger partial charge in [0.25, 0.3) is 5.56 Å². The van der Waals surface area contributed by atoms with Gasteiger partial charge in [-0.15, -0.1) is 6.58 Å². The molecule has 1 heterocycles. The number of benzene rings is 3. The summed E-state index contributed by atoms with van der Waals surface area (Å²) in [5, 5.41) is 5.22. The number of hydrogen-bond donors (Lipinski definition) is 0. The normalized spacial score (nSPS) is 14.1. The fraction of sp³-hybridized carbons (Fsp3) is 0.303. The summed E-state index contributed by atoms with van der Waals surface area (Å²) in [5.74, 6) is 1.64. The fourth-order valence-electron chi connectivity index (χ4n) is 5.26. The van der Waals surface area contributed by atoms with Crippen molar-refractivity contribution < 1.29 is 13.9 Å². The lowest BCUT2D eigenvalue weighted by Gasteiger charge is -2.22. The van der Waals surface area contributed by atoms with E-state index in [1.54, 1.807) is 36.6 Å². The van der Waals surface area contributed by atoms with Crippen molar-refractivity contribution in [2.24, 2.45) is 5.10 Å². The lowest BCUT2D eigenvalue weighted by Crippen LogP contribution is -2.25. The van der Waals surface area contributed by atoms with Crippen molar-refractivity contribution in [3.63, 3.8) is 0 Å². The van der Waals surface area contributed by atoms with Gasteiger partial charge in [0.15, 0.2) is 11.5 Å². The summed E-state index contributed by atoms with van der Waals surface area (Å²) >= 11 is 0. The second-order valence-corrected chi connectivity index (χ2v) is 10.00. The number of nitrogens with zero attached hydrogens (tertiary/aromatic N) is 3. The van der Waals surface area contributed by atoms with Crippen LogP contribution in [0.2, 0.25) is 0 Å². The predicted octanol–water partition coefficient (Wildman–Crippen LogP) is 7.17. The topological polar surface area (TPSA) is 65.7 Å². The first-order valence-corrected chi connectivity index (χ1v) is 13.9. The average Bonchev–Trinajstić information content (AvgIpc) is 2.98. The quantitative estimate of drug-likeness (QED) is 0.158. The minimum Gasteiger partial charge on any atom is -0.490 e. The fourth-order valence-corrected chi connectivity index (χ4v) is 5.26. The second-order valence-electron chi connectivity index (χ2n) is 10.00. The molecule has 0 spiro atoms. The van der Waals surface area contributed by atoms with Gasteiger partial charge in [-0.3, -0.25) is 4.79 Å². The van der Waals surface area contributed by atoms with Crippen molar-refractivity contribution >= 4 is 17.1 Å². The van der Waals surface area contributed by atoms with E-state index in [0.29, 0.717) is 46.8 Å². The molecule has 3 aromatic carbocycles. The molecule has 4 aromatic rings. The van der Waals surface area contributed by atoms with E-state index in [-0.39, 0.29) is 23.9 Å². The molecule has 1 fully saturated rings. The molecule has 7 heteroatoms. The molecule has 0 bridgehead atoms. The van der Waals surface area contributed by atoms with Gasteiger partial charge >= 0.3 is 0 Å². The lowest BCUT2D eigenvalue weighted by molar-refractivity contribution is 0.263. The van der Waals surface area contributed by atoms with Crippen molar-refractivity contribution in [1.82, 2.24) is 9.66 Å². The summed E-state index contributed by atoms with van der Waals surface area (Å²) in [4.78, 5) is 18.5. The third-order valence-corrected chi connectivity index (χ3v) is 7.22. The van der Waals surface area contributed by atoms with E-state index in [2.05, 4.69) is 11.7 Å². The van der Waals surface area contributed by atoms with Gasteiger partial charge in [-0.25, -0.2) is 9.37 Å². The minimum atomic E-state index is -0.322. The largest absolute Gasteiger partial charge is 0.490 e. The van der Waals surface area contributed by atoms with Gasteiger partial charge in [-0.1, -0.05) is 55.7 Å². The first-order chi connectivity index (χ1) is 19.6.